The number of methoxy groups -OCH3 is 1. The van der Waals surface area contributed by atoms with Gasteiger partial charge < -0.3 is 14.2 Å². The molecule has 0 aliphatic carbocycles. The van der Waals surface area contributed by atoms with Gasteiger partial charge >= 0.3 is 6.09 Å². The average Bonchev–Trinajstić information content (AvgIpc) is 3.66. The van der Waals surface area contributed by atoms with Gasteiger partial charge in [0.2, 0.25) is 5.91 Å². The Labute approximate surface area is 247 Å². The Morgan fingerprint density at radius 1 is 0.951 bits per heavy atom. The lowest BCUT2D eigenvalue weighted by Gasteiger charge is -2.34. The maximum atomic E-state index is 14.1. The molecule has 2 aromatic carbocycles. The van der Waals surface area contributed by atoms with Gasteiger partial charge in [-0.15, -0.1) is 22.7 Å². The molecule has 2 heterocycles. The van der Waals surface area contributed by atoms with Crippen LogP contribution in [0.3, 0.4) is 0 Å². The summed E-state index contributed by atoms with van der Waals surface area (Å²) in [5.74, 6) is -0.298. The van der Waals surface area contributed by atoms with Gasteiger partial charge in [0.25, 0.3) is 0 Å². The molecule has 1 N–H and O–H groups in total. The molecule has 0 aliphatic heterocycles. The number of carbonyl (C=O) groups excluding carboxylic acids is 2. The van der Waals surface area contributed by atoms with Crippen molar-refractivity contribution in [3.05, 3.63) is 94.3 Å². The van der Waals surface area contributed by atoms with Gasteiger partial charge in [-0.25, -0.2) is 18.2 Å². The Morgan fingerprint density at radius 2 is 1.63 bits per heavy atom. The molecule has 10 nitrogen and oxygen atoms in total. The minimum Gasteiger partial charge on any atom is -0.731 e. The number of anilines is 1. The van der Waals surface area contributed by atoms with Crippen LogP contribution in [0.4, 0.5) is 10.5 Å². The molecular formula is C28H29N4O6S3-. The number of carbonyl (C=O) groups is 2. The molecule has 4 aromatic rings. The standard InChI is InChI=1S/C28H30N4O6S3/c1-31(27(33)24(32(2)28(34)38-3)17-19-8-5-4-6-9-19)23(22-18-40-26(29-22)25-10-7-15-39-25)16-20-11-13-21(14-12-20)30-41(35,36)37/h4-15,18,23-24,30H,16-17H2,1-3H3,(H,35,36,37)/p-1/t23-,24-/m0/s1. The fourth-order valence-electron chi connectivity index (χ4n) is 4.36. The minimum atomic E-state index is -4.66. The Balaban J connectivity index is 1.67. The van der Waals surface area contributed by atoms with Crippen LogP contribution in [0, 0.1) is 0 Å². The quantitative estimate of drug-likeness (QED) is 0.241. The molecule has 2 amide bonds. The average molecular weight is 614 g/mol. The van der Waals surface area contributed by atoms with Gasteiger partial charge in [0, 0.05) is 31.6 Å². The summed E-state index contributed by atoms with van der Waals surface area (Å²) < 4.78 is 40.1. The van der Waals surface area contributed by atoms with Crippen molar-refractivity contribution in [3.63, 3.8) is 0 Å². The SMILES string of the molecule is COC(=O)N(C)[C@@H](Cc1ccccc1)C(=O)N(C)[C@@H](Cc1ccc(NS(=O)(=O)[O-])cc1)c1csc(-c2cccs2)n1. The number of thiazole rings is 1. The number of benzene rings is 2. The number of likely N-dealkylation sites (N-methyl/N-ethyl adjacent to an activating group) is 2. The largest absolute Gasteiger partial charge is 0.731 e. The van der Waals surface area contributed by atoms with E-state index >= 15 is 0 Å². The number of rotatable bonds is 11. The van der Waals surface area contributed by atoms with E-state index < -0.39 is 28.5 Å². The molecule has 0 unspecified atom stereocenters. The number of ether oxygens (including phenoxy) is 1. The van der Waals surface area contributed by atoms with Crippen LogP contribution in [0.2, 0.25) is 0 Å². The zero-order valence-corrected chi connectivity index (χ0v) is 25.0. The van der Waals surface area contributed by atoms with Crippen LogP contribution in [0.1, 0.15) is 22.9 Å². The number of hydrogen-bond acceptors (Lipinski definition) is 9. The van der Waals surface area contributed by atoms with Crippen molar-refractivity contribution < 1.29 is 27.3 Å². The fourth-order valence-corrected chi connectivity index (χ4v) is 6.46. The molecule has 0 saturated carbocycles. The third-order valence-corrected chi connectivity index (χ3v) is 8.91. The summed E-state index contributed by atoms with van der Waals surface area (Å²) in [7, 11) is -0.168. The van der Waals surface area contributed by atoms with Crippen molar-refractivity contribution in [1.29, 1.82) is 0 Å². The van der Waals surface area contributed by atoms with E-state index in [-0.39, 0.29) is 18.0 Å². The highest BCUT2D eigenvalue weighted by atomic mass is 32.2. The van der Waals surface area contributed by atoms with Crippen LogP contribution in [-0.2, 0) is 32.7 Å². The predicted molar refractivity (Wildman–Crippen MR) is 159 cm³/mol. The van der Waals surface area contributed by atoms with Crippen molar-refractivity contribution in [2.45, 2.75) is 24.9 Å². The first-order valence-corrected chi connectivity index (χ1v) is 15.7. The summed E-state index contributed by atoms with van der Waals surface area (Å²) in [6.07, 6.45) is -0.00119. The first-order valence-electron chi connectivity index (χ1n) is 12.5. The van der Waals surface area contributed by atoms with E-state index in [1.54, 1.807) is 35.4 Å². The number of nitrogens with one attached hydrogen (secondary N) is 1. The molecule has 0 aliphatic rings. The van der Waals surface area contributed by atoms with Crippen LogP contribution >= 0.6 is 22.7 Å². The van der Waals surface area contributed by atoms with E-state index in [9.17, 15) is 22.6 Å². The second kappa shape index (κ2) is 13.3. The van der Waals surface area contributed by atoms with Crippen LogP contribution in [0.15, 0.2) is 77.5 Å². The maximum Gasteiger partial charge on any atom is 0.409 e. The smallest absolute Gasteiger partial charge is 0.409 e. The summed E-state index contributed by atoms with van der Waals surface area (Å²) in [5.41, 5.74) is 2.49. The van der Waals surface area contributed by atoms with E-state index in [1.165, 1.54) is 42.5 Å². The molecule has 0 radical (unpaired) electrons. The lowest BCUT2D eigenvalue weighted by atomic mass is 9.99. The minimum absolute atomic E-state index is 0.140. The van der Waals surface area contributed by atoms with E-state index in [2.05, 4.69) is 0 Å². The van der Waals surface area contributed by atoms with Gasteiger partial charge in [0.1, 0.15) is 11.0 Å². The summed E-state index contributed by atoms with van der Waals surface area (Å²) >= 11 is 3.04. The van der Waals surface area contributed by atoms with Gasteiger partial charge in [0.15, 0.2) is 10.3 Å². The van der Waals surface area contributed by atoms with Crippen molar-refractivity contribution in [2.75, 3.05) is 25.9 Å². The third kappa shape index (κ3) is 7.91. The van der Waals surface area contributed by atoms with Crippen LogP contribution in [0.5, 0.6) is 0 Å². The van der Waals surface area contributed by atoms with E-state index in [4.69, 9.17) is 9.72 Å². The molecule has 4 rings (SSSR count). The Morgan fingerprint density at radius 3 is 2.24 bits per heavy atom. The van der Waals surface area contributed by atoms with Crippen molar-refractivity contribution in [1.82, 2.24) is 14.8 Å². The third-order valence-electron chi connectivity index (χ3n) is 6.52. The molecule has 0 fully saturated rings. The number of amides is 2. The van der Waals surface area contributed by atoms with Crippen LogP contribution < -0.4 is 4.72 Å². The lowest BCUT2D eigenvalue weighted by Crippen LogP contribution is -2.50. The van der Waals surface area contributed by atoms with Gasteiger partial charge in [-0.1, -0.05) is 48.5 Å². The molecular weight excluding hydrogens is 585 g/mol. The van der Waals surface area contributed by atoms with Crippen molar-refractivity contribution in [3.8, 4) is 9.88 Å². The van der Waals surface area contributed by atoms with Gasteiger partial charge in [-0.3, -0.25) is 14.4 Å². The Hall–Kier alpha value is -3.78. The Kier molecular flexibility index (Phi) is 9.76. The predicted octanol–water partition coefficient (Wildman–Crippen LogP) is 4.80. The molecule has 0 saturated heterocycles. The highest BCUT2D eigenvalue weighted by molar-refractivity contribution is 7.87. The summed E-state index contributed by atoms with van der Waals surface area (Å²) in [6, 6.07) is 18.4. The zero-order valence-electron chi connectivity index (χ0n) is 22.6. The highest BCUT2D eigenvalue weighted by Gasteiger charge is 2.34. The molecule has 0 spiro atoms. The normalized spacial score (nSPS) is 12.8. The van der Waals surface area contributed by atoms with Gasteiger partial charge in [-0.2, -0.15) is 0 Å². The molecule has 0 bridgehead atoms. The lowest BCUT2D eigenvalue weighted by molar-refractivity contribution is -0.137. The molecule has 2 aromatic heterocycles. The summed E-state index contributed by atoms with van der Waals surface area (Å²) in [4.78, 5) is 35.4. The van der Waals surface area contributed by atoms with Gasteiger partial charge in [-0.05, 0) is 41.1 Å². The molecule has 13 heteroatoms. The van der Waals surface area contributed by atoms with E-state index in [0.717, 1.165) is 21.0 Å². The number of thiophene rings is 1. The molecule has 216 valence electrons. The number of aromatic nitrogens is 1. The maximum absolute atomic E-state index is 14.1. The zero-order chi connectivity index (χ0) is 29.6. The van der Waals surface area contributed by atoms with Crippen LogP contribution in [-0.4, -0.2) is 67.0 Å². The summed E-state index contributed by atoms with van der Waals surface area (Å²) in [6.45, 7) is 0. The fraction of sp³-hybridized carbons (Fsp3) is 0.250. The van der Waals surface area contributed by atoms with E-state index in [1.807, 2.05) is 57.9 Å². The highest BCUT2D eigenvalue weighted by Crippen LogP contribution is 2.33. The number of hydrogen-bond donors (Lipinski definition) is 1. The summed E-state index contributed by atoms with van der Waals surface area (Å²) in [5, 5.41) is 4.71. The first-order chi connectivity index (χ1) is 19.6. The van der Waals surface area contributed by atoms with E-state index in [0.29, 0.717) is 12.1 Å². The monoisotopic (exact) mass is 613 g/mol. The van der Waals surface area contributed by atoms with Crippen molar-refractivity contribution >= 4 is 50.7 Å². The second-order valence-corrected chi connectivity index (χ2v) is 12.2. The number of nitrogens with zero attached hydrogens (tertiary/aromatic N) is 3. The van der Waals surface area contributed by atoms with Gasteiger partial charge in [0.05, 0.1) is 23.7 Å². The Bertz CT molecular complexity index is 1560. The second-order valence-electron chi connectivity index (χ2n) is 9.26. The topological polar surface area (TPSA) is 132 Å². The molecule has 41 heavy (non-hydrogen) atoms. The molecule has 2 atom stereocenters. The van der Waals surface area contributed by atoms with Crippen LogP contribution in [0.25, 0.3) is 9.88 Å². The first kappa shape index (κ1) is 30.2. The van der Waals surface area contributed by atoms with Crippen molar-refractivity contribution in [2.24, 2.45) is 0 Å².